The second-order valence-corrected chi connectivity index (χ2v) is 5.03. The topological polar surface area (TPSA) is 26.3 Å². The van der Waals surface area contributed by atoms with Crippen molar-refractivity contribution in [2.45, 2.75) is 26.9 Å². The van der Waals surface area contributed by atoms with Gasteiger partial charge in [0.15, 0.2) is 0 Å². The minimum absolute atomic E-state index is 0.338. The summed E-state index contributed by atoms with van der Waals surface area (Å²) >= 11 is 5.57. The van der Waals surface area contributed by atoms with Crippen molar-refractivity contribution in [2.24, 2.45) is 0 Å². The Morgan fingerprint density at radius 1 is 1.15 bits per heavy atom. The second kappa shape index (κ2) is 6.58. The quantitative estimate of drug-likeness (QED) is 0.756. The molecular formula is C17H17ClO2. The molecule has 0 aliphatic heterocycles. The Hall–Kier alpha value is -1.80. The van der Waals surface area contributed by atoms with Crippen LogP contribution < -0.4 is 4.74 Å². The number of aryl methyl sites for hydroxylation is 2. The maximum Gasteiger partial charge on any atom is 0.252 e. The molecule has 2 aromatic carbocycles. The first kappa shape index (κ1) is 14.6. The van der Waals surface area contributed by atoms with Crippen LogP contribution >= 0.6 is 11.6 Å². The van der Waals surface area contributed by atoms with Gasteiger partial charge in [-0.1, -0.05) is 42.8 Å². The molecule has 0 saturated carbocycles. The van der Waals surface area contributed by atoms with Crippen LogP contribution in [-0.4, -0.2) is 5.24 Å². The number of carbonyl (C=O) groups excluding carboxylic acids is 1. The van der Waals surface area contributed by atoms with E-state index in [1.54, 1.807) is 12.1 Å². The maximum atomic E-state index is 11.4. The predicted molar refractivity (Wildman–Crippen MR) is 81.5 cm³/mol. The van der Waals surface area contributed by atoms with Crippen LogP contribution in [0.3, 0.4) is 0 Å². The average Bonchev–Trinajstić information content (AvgIpc) is 2.46. The van der Waals surface area contributed by atoms with E-state index in [-0.39, 0.29) is 0 Å². The molecule has 0 amide bonds. The third-order valence-corrected chi connectivity index (χ3v) is 3.41. The van der Waals surface area contributed by atoms with Crippen molar-refractivity contribution < 1.29 is 9.53 Å². The van der Waals surface area contributed by atoms with Gasteiger partial charge in [-0.25, -0.2) is 0 Å². The van der Waals surface area contributed by atoms with Gasteiger partial charge in [0, 0.05) is 11.1 Å². The van der Waals surface area contributed by atoms with E-state index in [2.05, 4.69) is 19.9 Å². The van der Waals surface area contributed by atoms with Crippen LogP contribution in [0.15, 0.2) is 42.5 Å². The summed E-state index contributed by atoms with van der Waals surface area (Å²) in [6.07, 6.45) is 0.910. The minimum atomic E-state index is -0.455. The fourth-order valence-corrected chi connectivity index (χ4v) is 2.30. The van der Waals surface area contributed by atoms with Crippen molar-refractivity contribution in [2.75, 3.05) is 0 Å². The summed E-state index contributed by atoms with van der Waals surface area (Å²) < 4.78 is 5.85. The lowest BCUT2D eigenvalue weighted by Crippen LogP contribution is -2.03. The summed E-state index contributed by atoms with van der Waals surface area (Å²) in [7, 11) is 0. The highest BCUT2D eigenvalue weighted by atomic mass is 35.5. The van der Waals surface area contributed by atoms with Gasteiger partial charge < -0.3 is 4.74 Å². The van der Waals surface area contributed by atoms with Crippen LogP contribution in [0.4, 0.5) is 0 Å². The zero-order valence-corrected chi connectivity index (χ0v) is 12.4. The Labute approximate surface area is 124 Å². The first-order valence-electron chi connectivity index (χ1n) is 6.62. The number of halogens is 1. The van der Waals surface area contributed by atoms with E-state index in [9.17, 15) is 4.79 Å². The van der Waals surface area contributed by atoms with E-state index in [1.807, 2.05) is 24.3 Å². The standard InChI is InChI=1S/C17H17ClO2/c1-3-13-10-12(2)8-9-16(13)20-11-14-6-4-5-7-15(14)17(18)19/h4-10H,3,11H2,1-2H3. The molecule has 0 fully saturated rings. The van der Waals surface area contributed by atoms with Crippen LogP contribution in [0.5, 0.6) is 5.75 Å². The summed E-state index contributed by atoms with van der Waals surface area (Å²) in [5, 5.41) is -0.455. The van der Waals surface area contributed by atoms with Crippen LogP contribution in [0.1, 0.15) is 34.0 Å². The highest BCUT2D eigenvalue weighted by Gasteiger charge is 2.09. The van der Waals surface area contributed by atoms with Gasteiger partial charge in [-0.05, 0) is 42.6 Å². The summed E-state index contributed by atoms with van der Waals surface area (Å²) in [4.78, 5) is 11.4. The third kappa shape index (κ3) is 3.40. The Morgan fingerprint density at radius 2 is 1.90 bits per heavy atom. The number of benzene rings is 2. The molecule has 0 aliphatic rings. The molecule has 0 aromatic heterocycles. The van der Waals surface area contributed by atoms with E-state index in [4.69, 9.17) is 16.3 Å². The molecule has 0 N–H and O–H groups in total. The van der Waals surface area contributed by atoms with Crippen molar-refractivity contribution in [1.82, 2.24) is 0 Å². The maximum absolute atomic E-state index is 11.4. The second-order valence-electron chi connectivity index (χ2n) is 4.68. The smallest absolute Gasteiger partial charge is 0.252 e. The SMILES string of the molecule is CCc1cc(C)ccc1OCc1ccccc1C(=O)Cl. The highest BCUT2D eigenvalue weighted by Crippen LogP contribution is 2.22. The van der Waals surface area contributed by atoms with Crippen LogP contribution in [0.25, 0.3) is 0 Å². The first-order valence-corrected chi connectivity index (χ1v) is 6.99. The zero-order chi connectivity index (χ0) is 14.5. The molecule has 0 unspecified atom stereocenters. The lowest BCUT2D eigenvalue weighted by atomic mass is 10.1. The van der Waals surface area contributed by atoms with Gasteiger partial charge in [0.25, 0.3) is 5.24 Å². The zero-order valence-electron chi connectivity index (χ0n) is 11.7. The van der Waals surface area contributed by atoms with Gasteiger partial charge in [0.1, 0.15) is 12.4 Å². The van der Waals surface area contributed by atoms with E-state index in [0.717, 1.165) is 17.7 Å². The largest absolute Gasteiger partial charge is 0.489 e. The first-order chi connectivity index (χ1) is 9.61. The van der Waals surface area contributed by atoms with Crippen molar-refractivity contribution >= 4 is 16.8 Å². The molecule has 0 atom stereocenters. The van der Waals surface area contributed by atoms with E-state index in [1.165, 1.54) is 11.1 Å². The minimum Gasteiger partial charge on any atom is -0.489 e. The third-order valence-electron chi connectivity index (χ3n) is 3.21. The molecule has 0 bridgehead atoms. The van der Waals surface area contributed by atoms with E-state index < -0.39 is 5.24 Å². The summed E-state index contributed by atoms with van der Waals surface area (Å²) in [6.45, 7) is 4.49. The lowest BCUT2D eigenvalue weighted by molar-refractivity contribution is 0.107. The molecule has 2 aromatic rings. The van der Waals surface area contributed by atoms with Gasteiger partial charge in [0.2, 0.25) is 0 Å². The number of carbonyl (C=O) groups is 1. The Balaban J connectivity index is 2.19. The van der Waals surface area contributed by atoms with Crippen molar-refractivity contribution in [3.05, 3.63) is 64.7 Å². The lowest BCUT2D eigenvalue weighted by Gasteiger charge is -2.12. The van der Waals surface area contributed by atoms with Gasteiger partial charge in [-0.2, -0.15) is 0 Å². The van der Waals surface area contributed by atoms with Crippen molar-refractivity contribution in [3.8, 4) is 5.75 Å². The summed E-state index contributed by atoms with van der Waals surface area (Å²) in [5.74, 6) is 0.856. The number of hydrogen-bond donors (Lipinski definition) is 0. The normalized spacial score (nSPS) is 10.3. The van der Waals surface area contributed by atoms with Crippen LogP contribution in [0.2, 0.25) is 0 Å². The van der Waals surface area contributed by atoms with E-state index in [0.29, 0.717) is 12.2 Å². The Bertz CT molecular complexity index is 620. The highest BCUT2D eigenvalue weighted by molar-refractivity contribution is 6.67. The molecule has 0 heterocycles. The Kier molecular flexibility index (Phi) is 4.80. The number of ether oxygens (including phenoxy) is 1. The summed E-state index contributed by atoms with van der Waals surface area (Å²) in [5.41, 5.74) is 3.68. The molecule has 0 aliphatic carbocycles. The molecule has 0 saturated heterocycles. The number of rotatable bonds is 5. The summed E-state index contributed by atoms with van der Waals surface area (Å²) in [6, 6.07) is 13.3. The van der Waals surface area contributed by atoms with Gasteiger partial charge in [0.05, 0.1) is 0 Å². The molecular weight excluding hydrogens is 272 g/mol. The molecule has 2 nitrogen and oxygen atoms in total. The van der Waals surface area contributed by atoms with Crippen molar-refractivity contribution in [3.63, 3.8) is 0 Å². The molecule has 104 valence electrons. The van der Waals surface area contributed by atoms with Gasteiger partial charge >= 0.3 is 0 Å². The van der Waals surface area contributed by atoms with E-state index >= 15 is 0 Å². The van der Waals surface area contributed by atoms with Gasteiger partial charge in [-0.15, -0.1) is 0 Å². The van der Waals surface area contributed by atoms with Crippen LogP contribution in [-0.2, 0) is 13.0 Å². The van der Waals surface area contributed by atoms with Crippen molar-refractivity contribution in [1.29, 1.82) is 0 Å². The fourth-order valence-electron chi connectivity index (χ4n) is 2.12. The monoisotopic (exact) mass is 288 g/mol. The molecule has 0 radical (unpaired) electrons. The molecule has 20 heavy (non-hydrogen) atoms. The molecule has 0 spiro atoms. The Morgan fingerprint density at radius 3 is 2.60 bits per heavy atom. The number of hydrogen-bond acceptors (Lipinski definition) is 2. The van der Waals surface area contributed by atoms with Gasteiger partial charge in [-0.3, -0.25) is 4.79 Å². The molecule has 3 heteroatoms. The van der Waals surface area contributed by atoms with Crippen LogP contribution in [0, 0.1) is 6.92 Å². The predicted octanol–water partition coefficient (Wildman–Crippen LogP) is 4.52. The average molecular weight is 289 g/mol. The molecule has 2 rings (SSSR count). The fraction of sp³-hybridized carbons (Fsp3) is 0.235.